The molecule has 1 aromatic heterocycles. The van der Waals surface area contributed by atoms with Gasteiger partial charge in [-0.2, -0.15) is 0 Å². The van der Waals surface area contributed by atoms with Crippen molar-refractivity contribution in [3.63, 3.8) is 0 Å². The van der Waals surface area contributed by atoms with Gasteiger partial charge in [0.2, 0.25) is 0 Å². The van der Waals surface area contributed by atoms with E-state index < -0.39 is 0 Å². The van der Waals surface area contributed by atoms with Crippen molar-refractivity contribution in [1.29, 1.82) is 0 Å². The molecule has 0 bridgehead atoms. The number of rotatable bonds is 4. The highest BCUT2D eigenvalue weighted by Gasteiger charge is 2.14. The van der Waals surface area contributed by atoms with Crippen molar-refractivity contribution in [3.05, 3.63) is 17.1 Å². The molecule has 0 aromatic carbocycles. The number of hydrogen-bond donors (Lipinski definition) is 2. The van der Waals surface area contributed by atoms with Crippen molar-refractivity contribution in [2.45, 2.75) is 40.0 Å². The smallest absolute Gasteiger partial charge is 0.133 e. The van der Waals surface area contributed by atoms with Gasteiger partial charge in [0.25, 0.3) is 0 Å². The van der Waals surface area contributed by atoms with Gasteiger partial charge in [0, 0.05) is 17.8 Å². The third-order valence-corrected chi connectivity index (χ3v) is 3.70. The standard InChI is InChI=1S/C14H24N4/c1-4-13-10(2)17-11(3)18-14(13)16-9-12-5-7-15-8-6-12/h12,15H,4-9H2,1-3H3,(H,16,17,18). The van der Waals surface area contributed by atoms with Crippen molar-refractivity contribution < 1.29 is 0 Å². The van der Waals surface area contributed by atoms with Crippen molar-refractivity contribution >= 4 is 5.82 Å². The first-order valence-corrected chi connectivity index (χ1v) is 6.99. The molecule has 0 atom stereocenters. The molecule has 0 unspecified atom stereocenters. The van der Waals surface area contributed by atoms with Crippen LogP contribution in [0, 0.1) is 19.8 Å². The summed E-state index contributed by atoms with van der Waals surface area (Å²) in [4.78, 5) is 8.99. The van der Waals surface area contributed by atoms with E-state index in [4.69, 9.17) is 0 Å². The topological polar surface area (TPSA) is 49.8 Å². The highest BCUT2D eigenvalue weighted by Crippen LogP contribution is 2.19. The maximum atomic E-state index is 4.55. The van der Waals surface area contributed by atoms with E-state index in [9.17, 15) is 0 Å². The Morgan fingerprint density at radius 3 is 2.61 bits per heavy atom. The average molecular weight is 248 g/mol. The molecule has 0 spiro atoms. The molecular weight excluding hydrogens is 224 g/mol. The third kappa shape index (κ3) is 3.19. The Kier molecular flexibility index (Phi) is 4.53. The first kappa shape index (κ1) is 13.3. The second kappa shape index (κ2) is 6.14. The monoisotopic (exact) mass is 248 g/mol. The third-order valence-electron chi connectivity index (χ3n) is 3.70. The van der Waals surface area contributed by atoms with E-state index in [0.717, 1.165) is 49.3 Å². The molecule has 1 aliphatic rings. The molecule has 4 heteroatoms. The normalized spacial score (nSPS) is 16.8. The molecule has 1 fully saturated rings. The van der Waals surface area contributed by atoms with Gasteiger partial charge in [-0.15, -0.1) is 0 Å². The van der Waals surface area contributed by atoms with Crippen LogP contribution in [0.5, 0.6) is 0 Å². The molecule has 4 nitrogen and oxygen atoms in total. The van der Waals surface area contributed by atoms with E-state index in [-0.39, 0.29) is 0 Å². The molecule has 0 saturated carbocycles. The Morgan fingerprint density at radius 1 is 1.22 bits per heavy atom. The first-order valence-electron chi connectivity index (χ1n) is 6.99. The Hall–Kier alpha value is -1.16. The summed E-state index contributed by atoms with van der Waals surface area (Å²) in [5.41, 5.74) is 2.37. The van der Waals surface area contributed by atoms with Crippen LogP contribution < -0.4 is 10.6 Å². The van der Waals surface area contributed by atoms with Crippen LogP contribution in [-0.4, -0.2) is 29.6 Å². The van der Waals surface area contributed by atoms with E-state index in [1.54, 1.807) is 0 Å². The van der Waals surface area contributed by atoms with E-state index in [1.807, 2.05) is 6.92 Å². The number of piperidine rings is 1. The second-order valence-corrected chi connectivity index (χ2v) is 5.11. The van der Waals surface area contributed by atoms with Gasteiger partial charge in [-0.25, -0.2) is 9.97 Å². The van der Waals surface area contributed by atoms with Crippen molar-refractivity contribution in [3.8, 4) is 0 Å². The number of nitrogens with one attached hydrogen (secondary N) is 2. The minimum atomic E-state index is 0.770. The van der Waals surface area contributed by atoms with Gasteiger partial charge >= 0.3 is 0 Å². The summed E-state index contributed by atoms with van der Waals surface area (Å²) in [5, 5.41) is 6.94. The largest absolute Gasteiger partial charge is 0.369 e. The maximum Gasteiger partial charge on any atom is 0.133 e. The van der Waals surface area contributed by atoms with Gasteiger partial charge in [-0.3, -0.25) is 0 Å². The maximum absolute atomic E-state index is 4.55. The first-order chi connectivity index (χ1) is 8.70. The Balaban J connectivity index is 2.03. The lowest BCUT2D eigenvalue weighted by molar-refractivity contribution is 0.389. The summed E-state index contributed by atoms with van der Waals surface area (Å²) in [5.74, 6) is 2.67. The van der Waals surface area contributed by atoms with Crippen LogP contribution in [0.3, 0.4) is 0 Å². The zero-order valence-corrected chi connectivity index (χ0v) is 11.7. The van der Waals surface area contributed by atoms with Gasteiger partial charge in [-0.05, 0) is 52.1 Å². The van der Waals surface area contributed by atoms with E-state index in [1.165, 1.54) is 18.4 Å². The predicted octanol–water partition coefficient (Wildman–Crippen LogP) is 2.07. The zero-order chi connectivity index (χ0) is 13.0. The quantitative estimate of drug-likeness (QED) is 0.856. The summed E-state index contributed by atoms with van der Waals surface area (Å²) in [6, 6.07) is 0. The molecular formula is C14H24N4. The van der Waals surface area contributed by atoms with Crippen molar-refractivity contribution in [2.75, 3.05) is 25.0 Å². The lowest BCUT2D eigenvalue weighted by atomic mass is 9.98. The van der Waals surface area contributed by atoms with Gasteiger partial charge in [-0.1, -0.05) is 6.92 Å². The molecule has 2 rings (SSSR count). The number of hydrogen-bond acceptors (Lipinski definition) is 4. The molecule has 1 aromatic rings. The van der Waals surface area contributed by atoms with Crippen LogP contribution in [-0.2, 0) is 6.42 Å². The van der Waals surface area contributed by atoms with E-state index in [0.29, 0.717) is 0 Å². The van der Waals surface area contributed by atoms with Gasteiger partial charge < -0.3 is 10.6 Å². The molecule has 2 N–H and O–H groups in total. The summed E-state index contributed by atoms with van der Waals surface area (Å²) in [6.45, 7) is 9.52. The number of aryl methyl sites for hydroxylation is 2. The summed E-state index contributed by atoms with van der Waals surface area (Å²) in [7, 11) is 0. The van der Waals surface area contributed by atoms with Crippen LogP contribution in [0.2, 0.25) is 0 Å². The number of nitrogens with zero attached hydrogens (tertiary/aromatic N) is 2. The van der Waals surface area contributed by atoms with Crippen LogP contribution in [0.15, 0.2) is 0 Å². The molecule has 0 aliphatic carbocycles. The van der Waals surface area contributed by atoms with Gasteiger partial charge in [0.1, 0.15) is 11.6 Å². The summed E-state index contributed by atoms with van der Waals surface area (Å²) >= 11 is 0. The zero-order valence-electron chi connectivity index (χ0n) is 11.7. The fourth-order valence-corrected chi connectivity index (χ4v) is 2.63. The van der Waals surface area contributed by atoms with Crippen molar-refractivity contribution in [2.24, 2.45) is 5.92 Å². The average Bonchev–Trinajstić information content (AvgIpc) is 2.37. The Bertz CT molecular complexity index is 397. The number of anilines is 1. The minimum absolute atomic E-state index is 0.770. The highest BCUT2D eigenvalue weighted by atomic mass is 15.0. The SMILES string of the molecule is CCc1c(C)nc(C)nc1NCC1CCNCC1. The predicted molar refractivity (Wildman–Crippen MR) is 75.0 cm³/mol. The lowest BCUT2D eigenvalue weighted by Gasteiger charge is -2.23. The van der Waals surface area contributed by atoms with Gasteiger partial charge in [0.15, 0.2) is 0 Å². The van der Waals surface area contributed by atoms with Crippen LogP contribution in [0.1, 0.15) is 36.8 Å². The molecule has 0 amide bonds. The van der Waals surface area contributed by atoms with Crippen LogP contribution in [0.25, 0.3) is 0 Å². The van der Waals surface area contributed by atoms with Crippen molar-refractivity contribution in [1.82, 2.24) is 15.3 Å². The van der Waals surface area contributed by atoms with Crippen LogP contribution in [0.4, 0.5) is 5.82 Å². The highest BCUT2D eigenvalue weighted by molar-refractivity contribution is 5.46. The molecule has 1 saturated heterocycles. The fraction of sp³-hybridized carbons (Fsp3) is 0.714. The number of aromatic nitrogens is 2. The van der Waals surface area contributed by atoms with Crippen LogP contribution >= 0.6 is 0 Å². The second-order valence-electron chi connectivity index (χ2n) is 5.11. The summed E-state index contributed by atoms with van der Waals surface area (Å²) < 4.78 is 0. The van der Waals surface area contributed by atoms with E-state index in [2.05, 4.69) is 34.4 Å². The molecule has 2 heterocycles. The Labute approximate surface area is 110 Å². The fourth-order valence-electron chi connectivity index (χ4n) is 2.63. The Morgan fingerprint density at radius 2 is 1.94 bits per heavy atom. The molecule has 100 valence electrons. The van der Waals surface area contributed by atoms with Gasteiger partial charge in [0.05, 0.1) is 0 Å². The lowest BCUT2D eigenvalue weighted by Crippen LogP contribution is -2.31. The summed E-state index contributed by atoms with van der Waals surface area (Å²) in [6.07, 6.45) is 3.51. The molecule has 18 heavy (non-hydrogen) atoms. The van der Waals surface area contributed by atoms with E-state index >= 15 is 0 Å². The molecule has 0 radical (unpaired) electrons. The molecule has 1 aliphatic heterocycles. The minimum Gasteiger partial charge on any atom is -0.369 e.